The third kappa shape index (κ3) is 1.87. The summed E-state index contributed by atoms with van der Waals surface area (Å²) in [4.78, 5) is 11.9. The van der Waals surface area contributed by atoms with Crippen LogP contribution in [0.15, 0.2) is 30.5 Å². The van der Waals surface area contributed by atoms with E-state index in [-0.39, 0.29) is 5.78 Å². The number of carbonyl (C=O) groups excluding carboxylic acids is 1. The van der Waals surface area contributed by atoms with Gasteiger partial charge in [-0.1, -0.05) is 38.5 Å². The van der Waals surface area contributed by atoms with Gasteiger partial charge in [0.05, 0.1) is 16.9 Å². The van der Waals surface area contributed by atoms with Crippen molar-refractivity contribution in [1.29, 1.82) is 0 Å². The lowest BCUT2D eigenvalue weighted by Crippen LogP contribution is -2.00. The van der Waals surface area contributed by atoms with Gasteiger partial charge in [0.1, 0.15) is 0 Å². The van der Waals surface area contributed by atoms with Crippen LogP contribution in [0.5, 0.6) is 0 Å². The number of fused-ring (bicyclic) bond motifs is 1. The first-order valence-electron chi connectivity index (χ1n) is 5.86. The van der Waals surface area contributed by atoms with Crippen molar-refractivity contribution in [3.8, 4) is 0 Å². The van der Waals surface area contributed by atoms with Crippen molar-refractivity contribution in [1.82, 2.24) is 0 Å². The van der Waals surface area contributed by atoms with Gasteiger partial charge in [-0.2, -0.15) is 0 Å². The Hall–Kier alpha value is -1.57. The number of ketones is 1. The highest BCUT2D eigenvalue weighted by Crippen LogP contribution is 2.30. The van der Waals surface area contributed by atoms with Crippen molar-refractivity contribution in [2.75, 3.05) is 5.32 Å². The summed E-state index contributed by atoms with van der Waals surface area (Å²) < 4.78 is 0. The third-order valence-corrected chi connectivity index (χ3v) is 2.99. The summed E-state index contributed by atoms with van der Waals surface area (Å²) in [5.41, 5.74) is 3.41. The molecular weight excluding hydrogens is 198 g/mol. The zero-order chi connectivity index (χ0) is 11.5. The van der Waals surface area contributed by atoms with E-state index >= 15 is 0 Å². The van der Waals surface area contributed by atoms with Gasteiger partial charge in [0.15, 0.2) is 0 Å². The number of aryl methyl sites for hydroxylation is 1. The SMILES string of the molecule is C=C1Nc2cccc(CCCCC)c2C1=O. The van der Waals surface area contributed by atoms with E-state index in [0.29, 0.717) is 5.70 Å². The lowest BCUT2D eigenvalue weighted by Gasteiger charge is -2.05. The van der Waals surface area contributed by atoms with Crippen LogP contribution in [0, 0.1) is 0 Å². The maximum Gasteiger partial charge on any atom is 0.210 e. The summed E-state index contributed by atoms with van der Waals surface area (Å²) in [5, 5.41) is 3.03. The second-order valence-corrected chi connectivity index (χ2v) is 4.23. The molecule has 1 heterocycles. The molecule has 1 aromatic carbocycles. The number of hydrogen-bond donors (Lipinski definition) is 1. The molecule has 0 radical (unpaired) electrons. The zero-order valence-electron chi connectivity index (χ0n) is 9.68. The lowest BCUT2D eigenvalue weighted by molar-refractivity contribution is 0.104. The zero-order valence-corrected chi connectivity index (χ0v) is 9.68. The molecule has 0 atom stereocenters. The van der Waals surface area contributed by atoms with Gasteiger partial charge in [-0.25, -0.2) is 0 Å². The smallest absolute Gasteiger partial charge is 0.210 e. The number of nitrogens with one attached hydrogen (secondary N) is 1. The number of rotatable bonds is 4. The van der Waals surface area contributed by atoms with Crippen LogP contribution in [0.25, 0.3) is 0 Å². The third-order valence-electron chi connectivity index (χ3n) is 2.99. The highest BCUT2D eigenvalue weighted by Gasteiger charge is 2.25. The van der Waals surface area contributed by atoms with Crippen LogP contribution in [0.2, 0.25) is 0 Å². The van der Waals surface area contributed by atoms with Gasteiger partial charge in [-0.3, -0.25) is 4.79 Å². The molecule has 1 N–H and O–H groups in total. The Labute approximate surface area is 96.4 Å². The van der Waals surface area contributed by atoms with Gasteiger partial charge < -0.3 is 5.32 Å². The predicted octanol–water partition coefficient (Wildman–Crippen LogP) is 3.54. The molecule has 16 heavy (non-hydrogen) atoms. The molecule has 0 amide bonds. The summed E-state index contributed by atoms with van der Waals surface area (Å²) >= 11 is 0. The standard InChI is InChI=1S/C14H17NO/c1-3-4-5-7-11-8-6-9-12-13(11)14(16)10(2)15-12/h6,8-9,15H,2-5,7H2,1H3. The minimum atomic E-state index is 0.0575. The van der Waals surface area contributed by atoms with Gasteiger partial charge in [-0.05, 0) is 24.5 Å². The maximum atomic E-state index is 11.9. The maximum absolute atomic E-state index is 11.9. The molecule has 1 aromatic rings. The molecule has 2 rings (SSSR count). The number of allylic oxidation sites excluding steroid dienone is 1. The van der Waals surface area contributed by atoms with Crippen LogP contribution < -0.4 is 5.32 Å². The van der Waals surface area contributed by atoms with Crippen LogP contribution in [0.1, 0.15) is 42.1 Å². The molecule has 0 fully saturated rings. The summed E-state index contributed by atoms with van der Waals surface area (Å²) in [7, 11) is 0. The van der Waals surface area contributed by atoms with Crippen molar-refractivity contribution in [3.05, 3.63) is 41.6 Å². The van der Waals surface area contributed by atoms with E-state index in [1.807, 2.05) is 18.2 Å². The fourth-order valence-corrected chi connectivity index (χ4v) is 2.12. The van der Waals surface area contributed by atoms with E-state index in [0.717, 1.165) is 29.7 Å². The normalized spacial score (nSPS) is 13.8. The molecule has 0 saturated heterocycles. The number of benzene rings is 1. The van der Waals surface area contributed by atoms with Crippen LogP contribution >= 0.6 is 0 Å². The molecule has 0 aliphatic carbocycles. The number of Topliss-reactive ketones (excluding diaryl/α,β-unsaturated/α-hetero) is 1. The average molecular weight is 215 g/mol. The minimum Gasteiger partial charge on any atom is -0.352 e. The van der Waals surface area contributed by atoms with Gasteiger partial charge in [-0.15, -0.1) is 0 Å². The predicted molar refractivity (Wildman–Crippen MR) is 66.8 cm³/mol. The first kappa shape index (κ1) is 10.9. The number of hydrogen-bond acceptors (Lipinski definition) is 2. The molecule has 2 nitrogen and oxygen atoms in total. The van der Waals surface area contributed by atoms with E-state index in [1.165, 1.54) is 12.8 Å². The van der Waals surface area contributed by atoms with E-state index < -0.39 is 0 Å². The Kier molecular flexibility index (Phi) is 3.09. The summed E-state index contributed by atoms with van der Waals surface area (Å²) in [6.07, 6.45) is 4.55. The summed E-state index contributed by atoms with van der Waals surface area (Å²) in [6.45, 7) is 5.91. The average Bonchev–Trinajstić information content (AvgIpc) is 2.56. The second-order valence-electron chi connectivity index (χ2n) is 4.23. The quantitative estimate of drug-likeness (QED) is 0.614. The molecule has 1 aliphatic rings. The monoisotopic (exact) mass is 215 g/mol. The van der Waals surface area contributed by atoms with Crippen molar-refractivity contribution in [2.45, 2.75) is 32.6 Å². The van der Waals surface area contributed by atoms with E-state index in [2.05, 4.69) is 18.8 Å². The van der Waals surface area contributed by atoms with E-state index in [9.17, 15) is 4.79 Å². The first-order valence-corrected chi connectivity index (χ1v) is 5.86. The Balaban J connectivity index is 2.24. The van der Waals surface area contributed by atoms with Crippen molar-refractivity contribution >= 4 is 11.5 Å². The molecule has 1 aliphatic heterocycles. The highest BCUT2D eigenvalue weighted by molar-refractivity contribution is 6.18. The van der Waals surface area contributed by atoms with Crippen LogP contribution in [-0.2, 0) is 6.42 Å². The molecule has 0 saturated carbocycles. The Morgan fingerprint density at radius 3 is 2.88 bits per heavy atom. The molecule has 84 valence electrons. The van der Waals surface area contributed by atoms with Gasteiger partial charge in [0.2, 0.25) is 5.78 Å². The number of unbranched alkanes of at least 4 members (excludes halogenated alkanes) is 2. The Bertz CT molecular complexity index is 434. The fraction of sp³-hybridized carbons (Fsp3) is 0.357. The highest BCUT2D eigenvalue weighted by atomic mass is 16.1. The van der Waals surface area contributed by atoms with E-state index in [4.69, 9.17) is 0 Å². The Morgan fingerprint density at radius 2 is 2.12 bits per heavy atom. The second kappa shape index (κ2) is 4.52. The molecule has 0 aromatic heterocycles. The van der Waals surface area contributed by atoms with Crippen molar-refractivity contribution < 1.29 is 4.79 Å². The largest absolute Gasteiger partial charge is 0.352 e. The minimum absolute atomic E-state index is 0.0575. The van der Waals surface area contributed by atoms with Crippen LogP contribution in [0.3, 0.4) is 0 Å². The van der Waals surface area contributed by atoms with Crippen LogP contribution in [0.4, 0.5) is 5.69 Å². The molecule has 0 unspecified atom stereocenters. The number of anilines is 1. The summed E-state index contributed by atoms with van der Waals surface area (Å²) in [6, 6.07) is 5.99. The van der Waals surface area contributed by atoms with Gasteiger partial charge in [0.25, 0.3) is 0 Å². The van der Waals surface area contributed by atoms with E-state index in [1.54, 1.807) is 0 Å². The topological polar surface area (TPSA) is 29.1 Å². The summed E-state index contributed by atoms with van der Waals surface area (Å²) in [5.74, 6) is 0.0575. The van der Waals surface area contributed by atoms with Crippen molar-refractivity contribution in [2.24, 2.45) is 0 Å². The first-order chi connectivity index (χ1) is 7.74. The fourth-order valence-electron chi connectivity index (χ4n) is 2.12. The van der Waals surface area contributed by atoms with Crippen LogP contribution in [-0.4, -0.2) is 5.78 Å². The molecule has 0 bridgehead atoms. The molecule has 0 spiro atoms. The Morgan fingerprint density at radius 1 is 1.31 bits per heavy atom. The molecule has 2 heteroatoms. The molecular formula is C14H17NO. The number of carbonyl (C=O) groups is 1. The van der Waals surface area contributed by atoms with Gasteiger partial charge >= 0.3 is 0 Å². The van der Waals surface area contributed by atoms with Gasteiger partial charge in [0, 0.05) is 0 Å². The lowest BCUT2D eigenvalue weighted by atomic mass is 9.98. The van der Waals surface area contributed by atoms with Crippen molar-refractivity contribution in [3.63, 3.8) is 0 Å².